The topological polar surface area (TPSA) is 47.3 Å². The van der Waals surface area contributed by atoms with Crippen molar-refractivity contribution in [3.63, 3.8) is 0 Å². The van der Waals surface area contributed by atoms with Gasteiger partial charge in [-0.15, -0.1) is 0 Å². The van der Waals surface area contributed by atoms with Crippen LogP contribution in [0.2, 0.25) is 0 Å². The number of aliphatic hydroxyl groups is 1. The van der Waals surface area contributed by atoms with Crippen LogP contribution >= 0.6 is 15.9 Å². The second-order valence-electron chi connectivity index (χ2n) is 3.72. The fraction of sp³-hybridized carbons (Fsp3) is 0.250. The first-order valence-electron chi connectivity index (χ1n) is 5.18. The van der Waals surface area contributed by atoms with Crippen LogP contribution in [0.1, 0.15) is 11.1 Å². The summed E-state index contributed by atoms with van der Waals surface area (Å²) in [6, 6.07) is 5.55. The maximum absolute atomic E-state index is 9.13. The zero-order valence-corrected chi connectivity index (χ0v) is 11.0. The molecule has 0 bridgehead atoms. The van der Waals surface area contributed by atoms with Crippen LogP contribution in [0, 0.1) is 0 Å². The number of rotatable bonds is 4. The van der Waals surface area contributed by atoms with Gasteiger partial charge in [-0.2, -0.15) is 5.10 Å². The molecular formula is C12H13BrN2O2. The van der Waals surface area contributed by atoms with Crippen LogP contribution in [0.3, 0.4) is 0 Å². The summed E-state index contributed by atoms with van der Waals surface area (Å²) in [6.07, 6.45) is 3.68. The third-order valence-corrected chi connectivity index (χ3v) is 3.12. The smallest absolute Gasteiger partial charge is 0.120 e. The normalized spacial score (nSPS) is 10.5. The minimum Gasteiger partial charge on any atom is -0.489 e. The Morgan fingerprint density at radius 1 is 1.47 bits per heavy atom. The molecule has 17 heavy (non-hydrogen) atoms. The van der Waals surface area contributed by atoms with Crippen LogP contribution in [-0.4, -0.2) is 14.9 Å². The molecule has 0 fully saturated rings. The lowest BCUT2D eigenvalue weighted by atomic mass is 10.2. The van der Waals surface area contributed by atoms with Crippen LogP contribution < -0.4 is 4.74 Å². The van der Waals surface area contributed by atoms with Crippen molar-refractivity contribution in [1.29, 1.82) is 0 Å². The molecule has 0 atom stereocenters. The summed E-state index contributed by atoms with van der Waals surface area (Å²) in [5, 5.41) is 13.2. The number of aliphatic hydroxyl groups excluding tert-OH is 1. The summed E-state index contributed by atoms with van der Waals surface area (Å²) in [4.78, 5) is 0. The monoisotopic (exact) mass is 296 g/mol. The molecule has 0 radical (unpaired) electrons. The van der Waals surface area contributed by atoms with Gasteiger partial charge in [0.05, 0.1) is 12.8 Å². The van der Waals surface area contributed by atoms with Gasteiger partial charge in [0, 0.05) is 23.3 Å². The SMILES string of the molecule is Cn1cc(COc2ccc(Br)c(CO)c2)cn1. The number of aryl methyl sites for hydroxylation is 1. The first kappa shape index (κ1) is 12.1. The van der Waals surface area contributed by atoms with Gasteiger partial charge in [0.1, 0.15) is 12.4 Å². The second kappa shape index (κ2) is 5.33. The highest BCUT2D eigenvalue weighted by Crippen LogP contribution is 2.23. The second-order valence-corrected chi connectivity index (χ2v) is 4.58. The molecule has 0 saturated heterocycles. The van der Waals surface area contributed by atoms with E-state index in [9.17, 15) is 0 Å². The average Bonchev–Trinajstić information content (AvgIpc) is 2.74. The molecule has 0 aliphatic rings. The molecule has 1 aromatic heterocycles. The van der Waals surface area contributed by atoms with Gasteiger partial charge in [-0.1, -0.05) is 15.9 Å². The van der Waals surface area contributed by atoms with Gasteiger partial charge in [-0.3, -0.25) is 4.68 Å². The summed E-state index contributed by atoms with van der Waals surface area (Å²) in [7, 11) is 1.87. The van der Waals surface area contributed by atoms with Gasteiger partial charge in [0.2, 0.25) is 0 Å². The Morgan fingerprint density at radius 2 is 2.29 bits per heavy atom. The number of hydrogen-bond acceptors (Lipinski definition) is 3. The number of benzene rings is 1. The van der Waals surface area contributed by atoms with Crippen LogP contribution in [-0.2, 0) is 20.3 Å². The van der Waals surface area contributed by atoms with Crippen LogP contribution in [0.4, 0.5) is 0 Å². The number of aromatic nitrogens is 2. The van der Waals surface area contributed by atoms with Gasteiger partial charge < -0.3 is 9.84 Å². The fourth-order valence-corrected chi connectivity index (χ4v) is 1.85. The molecule has 0 unspecified atom stereocenters. The van der Waals surface area contributed by atoms with Crippen molar-refractivity contribution in [2.45, 2.75) is 13.2 Å². The Balaban J connectivity index is 2.04. The Kier molecular flexibility index (Phi) is 3.81. The van der Waals surface area contributed by atoms with Crippen molar-refractivity contribution in [2.24, 2.45) is 7.05 Å². The highest BCUT2D eigenvalue weighted by Gasteiger charge is 2.02. The molecule has 5 heteroatoms. The van der Waals surface area contributed by atoms with Gasteiger partial charge in [0.15, 0.2) is 0 Å². The summed E-state index contributed by atoms with van der Waals surface area (Å²) < 4.78 is 8.24. The van der Waals surface area contributed by atoms with Gasteiger partial charge in [0.25, 0.3) is 0 Å². The van der Waals surface area contributed by atoms with E-state index in [1.165, 1.54) is 0 Å². The molecular weight excluding hydrogens is 284 g/mol. The molecule has 0 spiro atoms. The standard InChI is InChI=1S/C12H13BrN2O2/c1-15-6-9(5-14-15)8-17-11-2-3-12(13)10(4-11)7-16/h2-6,16H,7-8H2,1H3. The largest absolute Gasteiger partial charge is 0.489 e. The molecule has 2 aromatic rings. The number of halogens is 1. The molecule has 90 valence electrons. The van der Waals surface area contributed by atoms with E-state index in [0.29, 0.717) is 6.61 Å². The molecule has 0 amide bonds. The summed E-state index contributed by atoms with van der Waals surface area (Å²) in [6.45, 7) is 0.463. The predicted octanol–water partition coefficient (Wildman–Crippen LogP) is 2.25. The van der Waals surface area contributed by atoms with Crippen molar-refractivity contribution < 1.29 is 9.84 Å². The molecule has 0 aliphatic heterocycles. The van der Waals surface area contributed by atoms with E-state index in [1.807, 2.05) is 31.4 Å². The number of ether oxygens (including phenoxy) is 1. The van der Waals surface area contributed by atoms with Crippen LogP contribution in [0.15, 0.2) is 35.1 Å². The third-order valence-electron chi connectivity index (χ3n) is 2.35. The van der Waals surface area contributed by atoms with Crippen molar-refractivity contribution >= 4 is 15.9 Å². The Labute approximate surface area is 108 Å². The molecule has 4 nitrogen and oxygen atoms in total. The molecule has 1 aromatic carbocycles. The maximum atomic E-state index is 9.13. The Morgan fingerprint density at radius 3 is 2.94 bits per heavy atom. The highest BCUT2D eigenvalue weighted by atomic mass is 79.9. The van der Waals surface area contributed by atoms with Crippen LogP contribution in [0.5, 0.6) is 5.75 Å². The molecule has 2 rings (SSSR count). The van der Waals surface area contributed by atoms with Crippen molar-refractivity contribution in [1.82, 2.24) is 9.78 Å². The van der Waals surface area contributed by atoms with Crippen molar-refractivity contribution in [3.05, 3.63) is 46.2 Å². The van der Waals surface area contributed by atoms with E-state index in [0.717, 1.165) is 21.3 Å². The lowest BCUT2D eigenvalue weighted by Gasteiger charge is -2.07. The average molecular weight is 297 g/mol. The highest BCUT2D eigenvalue weighted by molar-refractivity contribution is 9.10. The number of nitrogens with zero attached hydrogens (tertiary/aromatic N) is 2. The Hall–Kier alpha value is -1.33. The first-order chi connectivity index (χ1) is 8.19. The molecule has 0 aliphatic carbocycles. The third kappa shape index (κ3) is 3.08. The van der Waals surface area contributed by atoms with Gasteiger partial charge >= 0.3 is 0 Å². The van der Waals surface area contributed by atoms with Crippen molar-refractivity contribution in [3.8, 4) is 5.75 Å². The van der Waals surface area contributed by atoms with Crippen molar-refractivity contribution in [2.75, 3.05) is 0 Å². The minimum atomic E-state index is -0.00925. The van der Waals surface area contributed by atoms with E-state index in [2.05, 4.69) is 21.0 Å². The molecule has 1 N–H and O–H groups in total. The van der Waals surface area contributed by atoms with E-state index in [1.54, 1.807) is 10.9 Å². The van der Waals surface area contributed by atoms with E-state index in [4.69, 9.17) is 9.84 Å². The summed E-state index contributed by atoms with van der Waals surface area (Å²) >= 11 is 3.36. The summed E-state index contributed by atoms with van der Waals surface area (Å²) in [5.74, 6) is 0.737. The summed E-state index contributed by atoms with van der Waals surface area (Å²) in [5.41, 5.74) is 1.83. The maximum Gasteiger partial charge on any atom is 0.120 e. The van der Waals surface area contributed by atoms with Gasteiger partial charge in [-0.25, -0.2) is 0 Å². The van der Waals surface area contributed by atoms with Crippen LogP contribution in [0.25, 0.3) is 0 Å². The van der Waals surface area contributed by atoms with E-state index in [-0.39, 0.29) is 6.61 Å². The lowest BCUT2D eigenvalue weighted by molar-refractivity contribution is 0.277. The zero-order chi connectivity index (χ0) is 12.3. The van der Waals surface area contributed by atoms with Gasteiger partial charge in [-0.05, 0) is 23.8 Å². The Bertz CT molecular complexity index is 511. The molecule has 1 heterocycles. The number of hydrogen-bond donors (Lipinski definition) is 1. The molecule has 0 saturated carbocycles. The lowest BCUT2D eigenvalue weighted by Crippen LogP contribution is -1.95. The minimum absolute atomic E-state index is 0.00925. The first-order valence-corrected chi connectivity index (χ1v) is 5.98. The quantitative estimate of drug-likeness (QED) is 0.941. The zero-order valence-electron chi connectivity index (χ0n) is 9.43. The van der Waals surface area contributed by atoms with E-state index < -0.39 is 0 Å². The fourth-order valence-electron chi connectivity index (χ4n) is 1.48. The van der Waals surface area contributed by atoms with E-state index >= 15 is 0 Å². The predicted molar refractivity (Wildman–Crippen MR) is 67.6 cm³/mol.